The molecule has 1 fully saturated rings. The number of ether oxygens (including phenoxy) is 1. The first-order chi connectivity index (χ1) is 12.2. The quantitative estimate of drug-likeness (QED) is 0.915. The first kappa shape index (κ1) is 16.5. The predicted octanol–water partition coefficient (Wildman–Crippen LogP) is 1.71. The number of hydrogen-bond donors (Lipinski definition) is 1. The monoisotopic (exact) mass is 338 g/mol. The van der Waals surface area contributed by atoms with Crippen LogP contribution in [0, 0.1) is 11.3 Å². The smallest absolute Gasteiger partial charge is 0.321 e. The van der Waals surface area contributed by atoms with E-state index in [4.69, 9.17) is 10.00 Å². The summed E-state index contributed by atoms with van der Waals surface area (Å²) in [4.78, 5) is 24.7. The van der Waals surface area contributed by atoms with E-state index in [2.05, 4.69) is 21.4 Å². The molecule has 0 spiro atoms. The minimum absolute atomic E-state index is 0.179. The number of urea groups is 1. The molecule has 0 aliphatic carbocycles. The molecule has 8 heteroatoms. The summed E-state index contributed by atoms with van der Waals surface area (Å²) in [6, 6.07) is 10.4. The van der Waals surface area contributed by atoms with Crippen LogP contribution in [-0.2, 0) is 0 Å². The Hall–Kier alpha value is -3.34. The molecule has 2 aromatic rings. The molecule has 25 heavy (non-hydrogen) atoms. The fourth-order valence-electron chi connectivity index (χ4n) is 2.58. The molecule has 0 unspecified atom stereocenters. The summed E-state index contributed by atoms with van der Waals surface area (Å²) >= 11 is 0. The van der Waals surface area contributed by atoms with E-state index in [1.807, 2.05) is 4.90 Å². The van der Waals surface area contributed by atoms with Gasteiger partial charge in [0.25, 0.3) is 0 Å². The van der Waals surface area contributed by atoms with Gasteiger partial charge in [-0.3, -0.25) is 0 Å². The average Bonchev–Trinajstić information content (AvgIpc) is 2.68. The largest absolute Gasteiger partial charge is 0.481 e. The highest BCUT2D eigenvalue weighted by molar-refractivity contribution is 5.89. The highest BCUT2D eigenvalue weighted by atomic mass is 16.5. The molecule has 1 aromatic heterocycles. The Morgan fingerprint density at radius 3 is 2.80 bits per heavy atom. The molecule has 0 saturated carbocycles. The van der Waals surface area contributed by atoms with Crippen LogP contribution in [0.4, 0.5) is 16.4 Å². The van der Waals surface area contributed by atoms with Crippen LogP contribution in [0.5, 0.6) is 5.88 Å². The van der Waals surface area contributed by atoms with Gasteiger partial charge in [-0.15, -0.1) is 0 Å². The summed E-state index contributed by atoms with van der Waals surface area (Å²) in [7, 11) is 1.57. The molecule has 0 atom stereocenters. The SMILES string of the molecule is COc1ccnc(N2CCN(C(=O)Nc3cccc(C#N)c3)CC2)n1. The minimum Gasteiger partial charge on any atom is -0.481 e. The molecule has 2 amide bonds. The Morgan fingerprint density at radius 1 is 1.28 bits per heavy atom. The van der Waals surface area contributed by atoms with Crippen LogP contribution in [-0.4, -0.2) is 54.2 Å². The summed E-state index contributed by atoms with van der Waals surface area (Å²) in [6.45, 7) is 2.40. The van der Waals surface area contributed by atoms with Gasteiger partial charge in [-0.2, -0.15) is 10.2 Å². The van der Waals surface area contributed by atoms with E-state index in [1.54, 1.807) is 48.5 Å². The lowest BCUT2D eigenvalue weighted by Gasteiger charge is -2.34. The third-order valence-electron chi connectivity index (χ3n) is 3.92. The van der Waals surface area contributed by atoms with E-state index in [9.17, 15) is 4.79 Å². The number of benzene rings is 1. The summed E-state index contributed by atoms with van der Waals surface area (Å²) in [5.41, 5.74) is 1.13. The van der Waals surface area contributed by atoms with Crippen LogP contribution in [0.15, 0.2) is 36.5 Å². The van der Waals surface area contributed by atoms with Gasteiger partial charge >= 0.3 is 6.03 Å². The van der Waals surface area contributed by atoms with Crippen molar-refractivity contribution in [3.05, 3.63) is 42.1 Å². The zero-order valence-corrected chi connectivity index (χ0v) is 13.8. The van der Waals surface area contributed by atoms with Gasteiger partial charge in [0.15, 0.2) is 0 Å². The highest BCUT2D eigenvalue weighted by Gasteiger charge is 2.23. The lowest BCUT2D eigenvalue weighted by Crippen LogP contribution is -2.50. The Labute approximate surface area is 145 Å². The van der Waals surface area contributed by atoms with Crippen LogP contribution >= 0.6 is 0 Å². The molecule has 128 valence electrons. The second-order valence-electron chi connectivity index (χ2n) is 5.50. The Morgan fingerprint density at radius 2 is 2.08 bits per heavy atom. The van der Waals surface area contributed by atoms with E-state index in [0.717, 1.165) is 0 Å². The van der Waals surface area contributed by atoms with E-state index >= 15 is 0 Å². The summed E-state index contributed by atoms with van der Waals surface area (Å²) in [5, 5.41) is 11.7. The second-order valence-corrected chi connectivity index (χ2v) is 5.50. The number of nitrogens with zero attached hydrogens (tertiary/aromatic N) is 5. The maximum absolute atomic E-state index is 12.4. The van der Waals surface area contributed by atoms with E-state index in [-0.39, 0.29) is 6.03 Å². The minimum atomic E-state index is -0.179. The Kier molecular flexibility index (Phi) is 4.95. The maximum Gasteiger partial charge on any atom is 0.321 e. The molecular formula is C17H18N6O2. The van der Waals surface area contributed by atoms with Gasteiger partial charge in [-0.05, 0) is 18.2 Å². The van der Waals surface area contributed by atoms with Gasteiger partial charge in [0, 0.05) is 44.1 Å². The lowest BCUT2D eigenvalue weighted by atomic mass is 10.2. The van der Waals surface area contributed by atoms with Crippen LogP contribution < -0.4 is 15.0 Å². The van der Waals surface area contributed by atoms with Gasteiger partial charge in [-0.25, -0.2) is 9.78 Å². The summed E-state index contributed by atoms with van der Waals surface area (Å²) < 4.78 is 5.12. The fourth-order valence-corrected chi connectivity index (χ4v) is 2.58. The second kappa shape index (κ2) is 7.49. The van der Waals surface area contributed by atoms with Crippen LogP contribution in [0.2, 0.25) is 0 Å². The van der Waals surface area contributed by atoms with Gasteiger partial charge in [-0.1, -0.05) is 6.07 Å². The van der Waals surface area contributed by atoms with Crippen molar-refractivity contribution in [1.29, 1.82) is 5.26 Å². The number of amides is 2. The summed E-state index contributed by atoms with van der Waals surface area (Å²) in [5.74, 6) is 1.11. The van der Waals surface area contributed by atoms with Gasteiger partial charge < -0.3 is 19.9 Å². The van der Waals surface area contributed by atoms with Gasteiger partial charge in [0.2, 0.25) is 11.8 Å². The van der Waals surface area contributed by atoms with Crippen LogP contribution in [0.25, 0.3) is 0 Å². The molecule has 0 radical (unpaired) electrons. The number of anilines is 2. The third-order valence-corrected chi connectivity index (χ3v) is 3.92. The number of nitriles is 1. The van der Waals surface area contributed by atoms with E-state index in [1.165, 1.54) is 0 Å². The van der Waals surface area contributed by atoms with Crippen LogP contribution in [0.1, 0.15) is 5.56 Å². The first-order valence-electron chi connectivity index (χ1n) is 7.87. The third kappa shape index (κ3) is 3.95. The van der Waals surface area contributed by atoms with E-state index in [0.29, 0.717) is 49.3 Å². The molecule has 1 saturated heterocycles. The molecule has 1 aliphatic rings. The van der Waals surface area contributed by atoms with Crippen molar-refractivity contribution in [2.45, 2.75) is 0 Å². The lowest BCUT2D eigenvalue weighted by molar-refractivity contribution is 0.208. The molecule has 3 rings (SSSR count). The standard InChI is InChI=1S/C17H18N6O2/c1-25-15-5-6-19-16(21-15)22-7-9-23(10-8-22)17(24)20-14-4-2-3-13(11-14)12-18/h2-6,11H,7-10H2,1H3,(H,20,24). The molecule has 1 aliphatic heterocycles. The zero-order chi connectivity index (χ0) is 17.6. The van der Waals surface area contributed by atoms with E-state index < -0.39 is 0 Å². The number of carbonyl (C=O) groups is 1. The van der Waals surface area contributed by atoms with Gasteiger partial charge in [0.1, 0.15) is 0 Å². The predicted molar refractivity (Wildman–Crippen MR) is 92.5 cm³/mol. The number of hydrogen-bond acceptors (Lipinski definition) is 6. The Balaban J connectivity index is 1.58. The van der Waals surface area contributed by atoms with Crippen molar-refractivity contribution in [3.63, 3.8) is 0 Å². The molecule has 1 aromatic carbocycles. The van der Waals surface area contributed by atoms with Crippen molar-refractivity contribution >= 4 is 17.7 Å². The van der Waals surface area contributed by atoms with Crippen molar-refractivity contribution in [2.24, 2.45) is 0 Å². The zero-order valence-electron chi connectivity index (χ0n) is 13.8. The number of nitrogens with one attached hydrogen (secondary N) is 1. The van der Waals surface area contributed by atoms with Crippen molar-refractivity contribution in [2.75, 3.05) is 43.5 Å². The normalized spacial score (nSPS) is 13.9. The highest BCUT2D eigenvalue weighted by Crippen LogP contribution is 2.16. The number of rotatable bonds is 3. The molecular weight excluding hydrogens is 320 g/mol. The Bertz CT molecular complexity index is 796. The van der Waals surface area contributed by atoms with Crippen molar-refractivity contribution in [3.8, 4) is 11.9 Å². The van der Waals surface area contributed by atoms with Crippen molar-refractivity contribution in [1.82, 2.24) is 14.9 Å². The summed E-state index contributed by atoms with van der Waals surface area (Å²) in [6.07, 6.45) is 1.66. The first-order valence-corrected chi connectivity index (χ1v) is 7.87. The number of piperazine rings is 1. The molecule has 0 bridgehead atoms. The van der Waals surface area contributed by atoms with Gasteiger partial charge in [0.05, 0.1) is 18.7 Å². The number of carbonyl (C=O) groups excluding carboxylic acids is 1. The van der Waals surface area contributed by atoms with Crippen molar-refractivity contribution < 1.29 is 9.53 Å². The maximum atomic E-state index is 12.4. The average molecular weight is 338 g/mol. The molecule has 2 heterocycles. The topological polar surface area (TPSA) is 94.4 Å². The molecule has 1 N–H and O–H groups in total. The number of methoxy groups -OCH3 is 1. The number of aromatic nitrogens is 2. The fraction of sp³-hybridized carbons (Fsp3) is 0.294. The molecule has 8 nitrogen and oxygen atoms in total. The van der Waals surface area contributed by atoms with Crippen LogP contribution in [0.3, 0.4) is 0 Å².